The van der Waals surface area contributed by atoms with E-state index in [1.54, 1.807) is 17.5 Å². The largest absolute Gasteiger partial charge is 0.454 e. The SMILES string of the molecule is O=C(Cc1ccc2c(c1)OCO2)Nc1nc(-c2cc([N+](=O)[O-])cs2)cs1. The fourth-order valence-electron chi connectivity index (χ4n) is 2.40. The molecule has 26 heavy (non-hydrogen) atoms. The standard InChI is InChI=1S/C16H11N3O5S2/c20-15(4-9-1-2-12-13(3-9)24-8-23-12)18-16-17-11(7-26-16)14-5-10(6-25-14)19(21)22/h1-3,5-7H,4,8H2,(H,17,18,20). The van der Waals surface area contributed by atoms with Gasteiger partial charge >= 0.3 is 0 Å². The van der Waals surface area contributed by atoms with E-state index in [1.165, 1.54) is 34.1 Å². The van der Waals surface area contributed by atoms with Gasteiger partial charge < -0.3 is 14.8 Å². The number of anilines is 1. The number of hydrogen-bond acceptors (Lipinski definition) is 8. The summed E-state index contributed by atoms with van der Waals surface area (Å²) >= 11 is 2.51. The van der Waals surface area contributed by atoms with Crippen LogP contribution in [0.15, 0.2) is 35.0 Å². The molecular weight excluding hydrogens is 378 g/mol. The first kappa shape index (κ1) is 16.5. The van der Waals surface area contributed by atoms with Gasteiger partial charge in [0.25, 0.3) is 5.69 Å². The molecule has 8 nitrogen and oxygen atoms in total. The second-order valence-corrected chi connectivity index (χ2v) is 7.15. The molecule has 3 aromatic rings. The minimum atomic E-state index is -0.444. The Balaban J connectivity index is 1.42. The highest BCUT2D eigenvalue weighted by atomic mass is 32.1. The number of rotatable bonds is 5. The van der Waals surface area contributed by atoms with Crippen LogP contribution in [0.25, 0.3) is 10.6 Å². The molecule has 2 aromatic heterocycles. The van der Waals surface area contributed by atoms with Gasteiger partial charge in [0.2, 0.25) is 12.7 Å². The van der Waals surface area contributed by atoms with Crippen LogP contribution in [-0.2, 0) is 11.2 Å². The van der Waals surface area contributed by atoms with E-state index in [4.69, 9.17) is 9.47 Å². The number of amides is 1. The number of nitro groups is 1. The Bertz CT molecular complexity index is 997. The number of fused-ring (bicyclic) bond motifs is 1. The highest BCUT2D eigenvalue weighted by molar-refractivity contribution is 7.16. The summed E-state index contributed by atoms with van der Waals surface area (Å²) < 4.78 is 10.5. The molecule has 0 aliphatic carbocycles. The van der Waals surface area contributed by atoms with E-state index in [-0.39, 0.29) is 24.8 Å². The molecule has 0 bridgehead atoms. The predicted octanol–water partition coefficient (Wildman–Crippen LogP) is 3.69. The van der Waals surface area contributed by atoms with E-state index in [0.717, 1.165) is 5.56 Å². The van der Waals surface area contributed by atoms with Gasteiger partial charge in [-0.2, -0.15) is 0 Å². The first-order valence-electron chi connectivity index (χ1n) is 7.46. The van der Waals surface area contributed by atoms with Crippen molar-refractivity contribution in [1.29, 1.82) is 0 Å². The van der Waals surface area contributed by atoms with Crippen molar-refractivity contribution in [2.75, 3.05) is 12.1 Å². The van der Waals surface area contributed by atoms with Crippen LogP contribution >= 0.6 is 22.7 Å². The van der Waals surface area contributed by atoms with Gasteiger partial charge in [-0.25, -0.2) is 4.98 Å². The molecule has 0 radical (unpaired) electrons. The van der Waals surface area contributed by atoms with Gasteiger partial charge in [0.1, 0.15) is 0 Å². The third-order valence-electron chi connectivity index (χ3n) is 3.60. The van der Waals surface area contributed by atoms with Gasteiger partial charge in [-0.1, -0.05) is 6.07 Å². The molecular formula is C16H11N3O5S2. The molecule has 4 rings (SSSR count). The zero-order valence-electron chi connectivity index (χ0n) is 13.1. The second-order valence-electron chi connectivity index (χ2n) is 5.38. The molecule has 1 aromatic carbocycles. The third kappa shape index (κ3) is 3.37. The summed E-state index contributed by atoms with van der Waals surface area (Å²) in [6.45, 7) is 0.188. The molecule has 1 aliphatic heterocycles. The number of ether oxygens (including phenoxy) is 2. The number of nitrogens with zero attached hydrogens (tertiary/aromatic N) is 2. The molecule has 3 heterocycles. The van der Waals surface area contributed by atoms with Crippen molar-refractivity contribution >= 4 is 39.4 Å². The van der Waals surface area contributed by atoms with Gasteiger partial charge in [-0.3, -0.25) is 14.9 Å². The Morgan fingerprint density at radius 3 is 2.88 bits per heavy atom. The first-order chi connectivity index (χ1) is 12.6. The number of thiazole rings is 1. The third-order valence-corrected chi connectivity index (χ3v) is 5.30. The predicted molar refractivity (Wildman–Crippen MR) is 97.0 cm³/mol. The summed E-state index contributed by atoms with van der Waals surface area (Å²) in [5.41, 5.74) is 1.44. The molecule has 0 spiro atoms. The van der Waals surface area contributed by atoms with Crippen LogP contribution in [0.1, 0.15) is 5.56 Å². The second kappa shape index (κ2) is 6.73. The number of nitrogens with one attached hydrogen (secondary N) is 1. The maximum atomic E-state index is 12.2. The maximum absolute atomic E-state index is 12.2. The summed E-state index contributed by atoms with van der Waals surface area (Å²) in [7, 11) is 0. The van der Waals surface area contributed by atoms with Crippen molar-refractivity contribution in [1.82, 2.24) is 4.98 Å². The fraction of sp³-hybridized carbons (Fsp3) is 0.125. The molecule has 1 aliphatic rings. The summed E-state index contributed by atoms with van der Waals surface area (Å²) in [5.74, 6) is 1.09. The molecule has 0 saturated carbocycles. The van der Waals surface area contributed by atoms with E-state index in [9.17, 15) is 14.9 Å². The number of carbonyl (C=O) groups excluding carboxylic acids is 1. The number of benzene rings is 1. The van der Waals surface area contributed by atoms with Gasteiger partial charge in [-0.05, 0) is 17.7 Å². The molecule has 1 N–H and O–H groups in total. The fourth-order valence-corrected chi connectivity index (χ4v) is 4.02. The van der Waals surface area contributed by atoms with Crippen LogP contribution in [0.3, 0.4) is 0 Å². The van der Waals surface area contributed by atoms with Gasteiger partial charge in [0.15, 0.2) is 16.6 Å². The molecule has 1 amide bonds. The van der Waals surface area contributed by atoms with Gasteiger partial charge in [0.05, 0.1) is 27.3 Å². The lowest BCUT2D eigenvalue weighted by molar-refractivity contribution is -0.384. The van der Waals surface area contributed by atoms with Crippen molar-refractivity contribution in [2.24, 2.45) is 0 Å². The van der Waals surface area contributed by atoms with Gasteiger partial charge in [-0.15, -0.1) is 22.7 Å². The van der Waals surface area contributed by atoms with E-state index >= 15 is 0 Å². The molecule has 10 heteroatoms. The van der Waals surface area contributed by atoms with Crippen LogP contribution in [0, 0.1) is 10.1 Å². The van der Waals surface area contributed by atoms with Crippen LogP contribution in [-0.4, -0.2) is 22.6 Å². The van der Waals surface area contributed by atoms with Crippen molar-refractivity contribution in [3.63, 3.8) is 0 Å². The van der Waals surface area contributed by atoms with Crippen LogP contribution in [0.2, 0.25) is 0 Å². The van der Waals surface area contributed by atoms with Crippen LogP contribution in [0.5, 0.6) is 11.5 Å². The summed E-state index contributed by atoms with van der Waals surface area (Å²) in [4.78, 5) is 27.5. The lowest BCUT2D eigenvalue weighted by Crippen LogP contribution is -2.14. The number of aromatic nitrogens is 1. The van der Waals surface area contributed by atoms with Crippen molar-refractivity contribution in [3.05, 3.63) is 50.7 Å². The molecule has 132 valence electrons. The Morgan fingerprint density at radius 2 is 2.08 bits per heavy atom. The monoisotopic (exact) mass is 389 g/mol. The molecule has 0 saturated heterocycles. The minimum Gasteiger partial charge on any atom is -0.454 e. The van der Waals surface area contributed by atoms with E-state index in [1.807, 2.05) is 6.07 Å². The smallest absolute Gasteiger partial charge is 0.280 e. The Kier molecular flexibility index (Phi) is 4.27. The van der Waals surface area contributed by atoms with Crippen molar-refractivity contribution in [3.8, 4) is 22.1 Å². The Labute approximate surface area is 155 Å². The summed E-state index contributed by atoms with van der Waals surface area (Å²) in [5, 5.41) is 17.2. The number of thiophene rings is 1. The summed E-state index contributed by atoms with van der Waals surface area (Å²) in [6, 6.07) is 6.83. The van der Waals surface area contributed by atoms with Crippen LogP contribution in [0.4, 0.5) is 10.8 Å². The number of carbonyl (C=O) groups is 1. The zero-order chi connectivity index (χ0) is 18.1. The normalized spacial score (nSPS) is 12.2. The Morgan fingerprint density at radius 1 is 1.23 bits per heavy atom. The number of hydrogen-bond donors (Lipinski definition) is 1. The lowest BCUT2D eigenvalue weighted by atomic mass is 10.1. The topological polar surface area (TPSA) is 104 Å². The highest BCUT2D eigenvalue weighted by Gasteiger charge is 2.16. The van der Waals surface area contributed by atoms with E-state index < -0.39 is 4.92 Å². The first-order valence-corrected chi connectivity index (χ1v) is 9.21. The molecule has 0 fully saturated rings. The maximum Gasteiger partial charge on any atom is 0.280 e. The van der Waals surface area contributed by atoms with E-state index in [2.05, 4.69) is 10.3 Å². The summed E-state index contributed by atoms with van der Waals surface area (Å²) in [6.07, 6.45) is 0.177. The quantitative estimate of drug-likeness (QED) is 0.527. The highest BCUT2D eigenvalue weighted by Crippen LogP contribution is 2.34. The van der Waals surface area contributed by atoms with E-state index in [0.29, 0.717) is 27.2 Å². The van der Waals surface area contributed by atoms with Crippen molar-refractivity contribution < 1.29 is 19.2 Å². The molecule has 0 unspecified atom stereocenters. The molecule has 0 atom stereocenters. The van der Waals surface area contributed by atoms with Crippen LogP contribution < -0.4 is 14.8 Å². The average molecular weight is 389 g/mol. The average Bonchev–Trinajstić information content (AvgIpc) is 3.34. The Hall–Kier alpha value is -2.98. The van der Waals surface area contributed by atoms with Gasteiger partial charge in [0, 0.05) is 11.4 Å². The van der Waals surface area contributed by atoms with Crippen molar-refractivity contribution in [2.45, 2.75) is 6.42 Å². The minimum absolute atomic E-state index is 0.0337. The lowest BCUT2D eigenvalue weighted by Gasteiger charge is -2.03. The zero-order valence-corrected chi connectivity index (χ0v) is 14.8.